The summed E-state index contributed by atoms with van der Waals surface area (Å²) in [6.07, 6.45) is 3.73. The number of nitrogens with one attached hydrogen (secondary N) is 1. The van der Waals surface area contributed by atoms with Crippen LogP contribution in [0.4, 0.5) is 0 Å². The number of nitrogens with zero attached hydrogens (tertiary/aromatic N) is 1. The van der Waals surface area contributed by atoms with Gasteiger partial charge in [0.05, 0.1) is 25.2 Å². The summed E-state index contributed by atoms with van der Waals surface area (Å²) in [4.78, 5) is 24.9. The Morgan fingerprint density at radius 3 is 2.22 bits per heavy atom. The minimum absolute atomic E-state index is 0.0154. The van der Waals surface area contributed by atoms with Crippen LogP contribution in [0.3, 0.4) is 0 Å². The molecule has 3 atom stereocenters. The molecule has 2 saturated heterocycles. The Hall–Kier alpha value is -2.78. The molecule has 2 fully saturated rings. The van der Waals surface area contributed by atoms with Crippen LogP contribution in [0.2, 0.25) is 0 Å². The van der Waals surface area contributed by atoms with Crippen molar-refractivity contribution in [2.45, 2.75) is 70.2 Å². The molecule has 2 aromatic rings. The van der Waals surface area contributed by atoms with Crippen LogP contribution >= 0.6 is 0 Å². The van der Waals surface area contributed by atoms with E-state index in [-0.39, 0.29) is 37.6 Å². The topological polar surface area (TPSA) is 108 Å². The van der Waals surface area contributed by atoms with Crippen LogP contribution in [0.5, 0.6) is 0 Å². The number of carboxylic acids is 1. The Morgan fingerprint density at radius 1 is 0.889 bits per heavy atom. The molecule has 0 bridgehead atoms. The van der Waals surface area contributed by atoms with Gasteiger partial charge in [-0.15, -0.1) is 0 Å². The molecule has 2 aromatic carbocycles. The van der Waals surface area contributed by atoms with Crippen LogP contribution in [0, 0.1) is 0 Å². The molecular weight excluding hydrogens is 460 g/mol. The van der Waals surface area contributed by atoms with E-state index in [1.807, 2.05) is 48.5 Å². The van der Waals surface area contributed by atoms with Crippen molar-refractivity contribution in [1.29, 1.82) is 0 Å². The summed E-state index contributed by atoms with van der Waals surface area (Å²) in [5, 5.41) is 20.9. The third-order valence-electron chi connectivity index (χ3n) is 6.83. The number of hydrogen-bond acceptors (Lipinski definition) is 6. The van der Waals surface area contributed by atoms with Gasteiger partial charge in [0, 0.05) is 31.5 Å². The summed E-state index contributed by atoms with van der Waals surface area (Å²) in [5.74, 6) is -1.26. The van der Waals surface area contributed by atoms with Gasteiger partial charge in [0.25, 0.3) is 0 Å². The lowest BCUT2D eigenvalue weighted by Crippen LogP contribution is -2.41. The van der Waals surface area contributed by atoms with E-state index in [0.29, 0.717) is 6.54 Å². The highest BCUT2D eigenvalue weighted by molar-refractivity contribution is 5.80. The van der Waals surface area contributed by atoms with Gasteiger partial charge >= 0.3 is 5.97 Å². The average Bonchev–Trinajstić information content (AvgIpc) is 2.91. The predicted molar refractivity (Wildman–Crippen MR) is 134 cm³/mol. The monoisotopic (exact) mass is 496 g/mol. The SMILES string of the molecule is O=C(O)CCC(=O)NCc1ccc([C@H]2O[C@@H](CN3CCCCC3)C[C@@H](c3ccc(CO)cc3)O2)cc1. The first-order chi connectivity index (χ1) is 17.5. The number of aliphatic carboxylic acids is 1. The van der Waals surface area contributed by atoms with Crippen molar-refractivity contribution in [2.24, 2.45) is 0 Å². The van der Waals surface area contributed by atoms with Gasteiger partial charge in [-0.05, 0) is 42.6 Å². The number of carbonyl (C=O) groups is 2. The third-order valence-corrected chi connectivity index (χ3v) is 6.83. The Bertz CT molecular complexity index is 988. The van der Waals surface area contributed by atoms with E-state index in [0.717, 1.165) is 48.3 Å². The number of carbonyl (C=O) groups excluding carboxylic acids is 1. The number of rotatable bonds is 10. The Kier molecular flexibility index (Phi) is 9.47. The number of likely N-dealkylation sites (tertiary alicyclic amines) is 1. The van der Waals surface area contributed by atoms with Gasteiger partial charge in [-0.25, -0.2) is 0 Å². The number of carboxylic acid groups (broad SMARTS) is 1. The molecule has 3 N–H and O–H groups in total. The summed E-state index contributed by atoms with van der Waals surface area (Å²) in [5.41, 5.74) is 3.78. The molecule has 0 radical (unpaired) electrons. The van der Waals surface area contributed by atoms with Crippen LogP contribution in [0.15, 0.2) is 48.5 Å². The van der Waals surface area contributed by atoms with Crippen molar-refractivity contribution in [1.82, 2.24) is 10.2 Å². The highest BCUT2D eigenvalue weighted by atomic mass is 16.7. The van der Waals surface area contributed by atoms with Crippen molar-refractivity contribution >= 4 is 11.9 Å². The standard InChI is InChI=1S/C28H36N2O6/c31-19-21-6-8-22(9-7-21)25-16-24(18-30-14-2-1-3-15-30)35-28(36-25)23-10-4-20(5-11-23)17-29-26(32)12-13-27(33)34/h4-11,24-25,28,31H,1-3,12-19H2,(H,29,32)(H,33,34)/t24-,25+,28+/m1/s1. The maximum absolute atomic E-state index is 11.8. The van der Waals surface area contributed by atoms with Gasteiger partial charge in [-0.1, -0.05) is 55.0 Å². The molecule has 8 heteroatoms. The van der Waals surface area contributed by atoms with Gasteiger partial charge in [-0.2, -0.15) is 0 Å². The molecule has 2 aliphatic rings. The van der Waals surface area contributed by atoms with Crippen LogP contribution in [-0.2, 0) is 32.2 Å². The predicted octanol–water partition coefficient (Wildman–Crippen LogP) is 3.69. The zero-order chi connectivity index (χ0) is 25.3. The molecule has 194 valence electrons. The summed E-state index contributed by atoms with van der Waals surface area (Å²) in [6, 6.07) is 15.7. The highest BCUT2D eigenvalue weighted by Crippen LogP contribution is 2.38. The summed E-state index contributed by atoms with van der Waals surface area (Å²) in [6.45, 7) is 3.44. The molecule has 0 aliphatic carbocycles. The average molecular weight is 497 g/mol. The molecular formula is C28H36N2O6. The second-order valence-electron chi connectivity index (χ2n) is 9.62. The molecule has 8 nitrogen and oxygen atoms in total. The van der Waals surface area contributed by atoms with Gasteiger partial charge in [0.2, 0.25) is 5.91 Å². The first-order valence-electron chi connectivity index (χ1n) is 12.8. The Balaban J connectivity index is 1.42. The van der Waals surface area contributed by atoms with Crippen molar-refractivity contribution in [2.75, 3.05) is 19.6 Å². The van der Waals surface area contributed by atoms with E-state index in [1.54, 1.807) is 0 Å². The van der Waals surface area contributed by atoms with Crippen molar-refractivity contribution in [3.63, 3.8) is 0 Å². The van der Waals surface area contributed by atoms with E-state index < -0.39 is 12.3 Å². The number of hydrogen-bond donors (Lipinski definition) is 3. The lowest BCUT2D eigenvalue weighted by Gasteiger charge is -2.39. The zero-order valence-corrected chi connectivity index (χ0v) is 20.6. The largest absolute Gasteiger partial charge is 0.481 e. The lowest BCUT2D eigenvalue weighted by atomic mass is 9.99. The van der Waals surface area contributed by atoms with E-state index in [9.17, 15) is 14.7 Å². The number of piperidine rings is 1. The molecule has 0 spiro atoms. The maximum Gasteiger partial charge on any atom is 0.303 e. The van der Waals surface area contributed by atoms with Crippen molar-refractivity contribution in [3.8, 4) is 0 Å². The van der Waals surface area contributed by atoms with Gasteiger partial charge in [-0.3, -0.25) is 9.59 Å². The minimum Gasteiger partial charge on any atom is -0.481 e. The van der Waals surface area contributed by atoms with Gasteiger partial charge in [0.1, 0.15) is 0 Å². The van der Waals surface area contributed by atoms with Crippen LogP contribution in [0.1, 0.15) is 73.2 Å². The Labute approximate surface area is 212 Å². The normalized spacial score (nSPS) is 22.8. The molecule has 1 amide bonds. The number of benzene rings is 2. The van der Waals surface area contributed by atoms with E-state index in [1.165, 1.54) is 19.3 Å². The lowest BCUT2D eigenvalue weighted by molar-refractivity contribution is -0.253. The molecule has 2 aliphatic heterocycles. The molecule has 0 unspecified atom stereocenters. The van der Waals surface area contributed by atoms with Gasteiger partial charge in [0.15, 0.2) is 6.29 Å². The van der Waals surface area contributed by atoms with Crippen LogP contribution in [0.25, 0.3) is 0 Å². The molecule has 2 heterocycles. The second-order valence-corrected chi connectivity index (χ2v) is 9.62. The molecule has 36 heavy (non-hydrogen) atoms. The summed E-state index contributed by atoms with van der Waals surface area (Å²) >= 11 is 0. The zero-order valence-electron chi connectivity index (χ0n) is 20.6. The summed E-state index contributed by atoms with van der Waals surface area (Å²) in [7, 11) is 0. The smallest absolute Gasteiger partial charge is 0.303 e. The van der Waals surface area contributed by atoms with Gasteiger partial charge < -0.3 is 29.9 Å². The quantitative estimate of drug-likeness (QED) is 0.460. The number of aliphatic hydroxyl groups is 1. The number of amides is 1. The van der Waals surface area contributed by atoms with Crippen molar-refractivity contribution < 1.29 is 29.3 Å². The molecule has 0 aromatic heterocycles. The van der Waals surface area contributed by atoms with Crippen molar-refractivity contribution in [3.05, 3.63) is 70.8 Å². The molecule has 4 rings (SSSR count). The maximum atomic E-state index is 11.8. The first kappa shape index (κ1) is 26.3. The molecule has 0 saturated carbocycles. The number of ether oxygens (including phenoxy) is 2. The third kappa shape index (κ3) is 7.61. The minimum atomic E-state index is -0.983. The highest BCUT2D eigenvalue weighted by Gasteiger charge is 2.33. The summed E-state index contributed by atoms with van der Waals surface area (Å²) < 4.78 is 12.9. The fraction of sp³-hybridized carbons (Fsp3) is 0.500. The van der Waals surface area contributed by atoms with E-state index in [4.69, 9.17) is 14.6 Å². The second kappa shape index (κ2) is 13.0. The van der Waals surface area contributed by atoms with Crippen LogP contribution < -0.4 is 5.32 Å². The number of aliphatic hydroxyl groups excluding tert-OH is 1. The fourth-order valence-electron chi connectivity index (χ4n) is 4.77. The van der Waals surface area contributed by atoms with E-state index >= 15 is 0 Å². The van der Waals surface area contributed by atoms with Crippen LogP contribution in [-0.4, -0.2) is 52.7 Å². The first-order valence-corrected chi connectivity index (χ1v) is 12.8. The van der Waals surface area contributed by atoms with E-state index in [2.05, 4.69) is 10.2 Å². The Morgan fingerprint density at radius 2 is 1.56 bits per heavy atom. The fourth-order valence-corrected chi connectivity index (χ4v) is 4.77.